The quantitative estimate of drug-likeness (QED) is 0.561. The Morgan fingerprint density at radius 3 is 2.46 bits per heavy atom. The molecule has 140 valence electrons. The molecule has 2 aromatic rings. The van der Waals surface area contributed by atoms with Crippen molar-refractivity contribution < 1.29 is 13.5 Å². The molecule has 1 aliphatic rings. The molecule has 2 nitrogen and oxygen atoms in total. The Bertz CT molecular complexity index is 694. The zero-order chi connectivity index (χ0) is 18.4. The maximum absolute atomic E-state index is 13.2. The molecule has 0 spiro atoms. The Kier molecular flexibility index (Phi) is 6.59. The van der Waals surface area contributed by atoms with Crippen molar-refractivity contribution in [3.8, 4) is 5.75 Å². The average Bonchev–Trinajstić information content (AvgIpc) is 2.68. The molecule has 1 heterocycles. The normalized spacial score (nSPS) is 20.1. The van der Waals surface area contributed by atoms with Crippen LogP contribution in [0.1, 0.15) is 62.5 Å². The fourth-order valence-electron chi connectivity index (χ4n) is 3.81. The van der Waals surface area contributed by atoms with Gasteiger partial charge in [-0.15, -0.1) is 0 Å². The van der Waals surface area contributed by atoms with Crippen molar-refractivity contribution in [3.05, 3.63) is 59.4 Å². The van der Waals surface area contributed by atoms with Crippen LogP contribution in [0.5, 0.6) is 5.75 Å². The van der Waals surface area contributed by atoms with Crippen LogP contribution in [0.4, 0.5) is 8.78 Å². The summed E-state index contributed by atoms with van der Waals surface area (Å²) in [5.41, 5.74) is 2.19. The van der Waals surface area contributed by atoms with Gasteiger partial charge in [0.1, 0.15) is 5.75 Å². The predicted molar refractivity (Wildman–Crippen MR) is 99.4 cm³/mol. The lowest BCUT2D eigenvalue weighted by Crippen LogP contribution is -2.14. The molecule has 0 N–H and O–H groups in total. The van der Waals surface area contributed by atoms with Gasteiger partial charge in [0.05, 0.1) is 6.61 Å². The third-order valence-electron chi connectivity index (χ3n) is 5.37. The Balaban J connectivity index is 1.45. The molecule has 1 aromatic heterocycles. The summed E-state index contributed by atoms with van der Waals surface area (Å²) in [6, 6.07) is 9.82. The first kappa shape index (κ1) is 18.8. The molecule has 0 amide bonds. The Morgan fingerprint density at radius 2 is 1.81 bits per heavy atom. The number of pyridine rings is 1. The van der Waals surface area contributed by atoms with Crippen molar-refractivity contribution in [1.29, 1.82) is 0 Å². The molecular formula is C22H27F2NO. The number of ether oxygens (including phenoxy) is 1. The van der Waals surface area contributed by atoms with Gasteiger partial charge in [0.15, 0.2) is 5.82 Å². The molecule has 0 unspecified atom stereocenters. The number of benzene rings is 1. The molecule has 0 atom stereocenters. The first-order chi connectivity index (χ1) is 12.7. The molecule has 0 aliphatic heterocycles. The summed E-state index contributed by atoms with van der Waals surface area (Å²) < 4.78 is 31.8. The largest absolute Gasteiger partial charge is 0.494 e. The Hall–Kier alpha value is -1.97. The van der Waals surface area contributed by atoms with Crippen molar-refractivity contribution in [1.82, 2.24) is 4.98 Å². The van der Waals surface area contributed by atoms with Crippen LogP contribution in [0.25, 0.3) is 0 Å². The Labute approximate surface area is 154 Å². The lowest BCUT2D eigenvalue weighted by Gasteiger charge is -2.29. The fraction of sp³-hybridized carbons (Fsp3) is 0.500. The topological polar surface area (TPSA) is 22.1 Å². The molecule has 1 aromatic carbocycles. The van der Waals surface area contributed by atoms with Crippen LogP contribution >= 0.6 is 0 Å². The summed E-state index contributed by atoms with van der Waals surface area (Å²) >= 11 is 0. The highest BCUT2D eigenvalue weighted by molar-refractivity contribution is 5.29. The van der Waals surface area contributed by atoms with E-state index in [1.54, 1.807) is 0 Å². The minimum atomic E-state index is -1.01. The van der Waals surface area contributed by atoms with Crippen LogP contribution in [0.15, 0.2) is 36.5 Å². The number of hydrogen-bond donors (Lipinski definition) is 0. The van der Waals surface area contributed by atoms with Crippen molar-refractivity contribution in [2.24, 2.45) is 5.92 Å². The number of hydrogen-bond acceptors (Lipinski definition) is 2. The number of nitrogens with zero attached hydrogens (tertiary/aromatic N) is 1. The van der Waals surface area contributed by atoms with Gasteiger partial charge >= 0.3 is 0 Å². The van der Waals surface area contributed by atoms with Gasteiger partial charge in [-0.25, -0.2) is 9.37 Å². The second kappa shape index (κ2) is 9.11. The summed E-state index contributed by atoms with van der Waals surface area (Å²) in [6.45, 7) is 2.87. The zero-order valence-corrected chi connectivity index (χ0v) is 15.4. The van der Waals surface area contributed by atoms with E-state index in [-0.39, 0.29) is 0 Å². The molecule has 0 saturated heterocycles. The summed E-state index contributed by atoms with van der Waals surface area (Å²) in [5, 5.41) is 0. The van der Waals surface area contributed by atoms with Crippen molar-refractivity contribution in [2.45, 2.75) is 57.8 Å². The molecule has 4 heteroatoms. The summed E-state index contributed by atoms with van der Waals surface area (Å²) in [6.07, 6.45) is 9.02. The summed E-state index contributed by atoms with van der Waals surface area (Å²) in [4.78, 5) is 3.47. The van der Waals surface area contributed by atoms with E-state index in [0.717, 1.165) is 37.2 Å². The highest BCUT2D eigenvalue weighted by atomic mass is 19.2. The highest BCUT2D eigenvalue weighted by Gasteiger charge is 2.22. The number of halogens is 2. The smallest absolute Gasteiger partial charge is 0.248 e. The van der Waals surface area contributed by atoms with E-state index < -0.39 is 11.8 Å². The maximum Gasteiger partial charge on any atom is 0.248 e. The standard InChI is InChI=1S/C22H27F2NO/c1-2-13-26-20-11-9-19(10-12-20)18-7-5-16(6-8-18)3-4-17-14-21(23)22(24)25-15-17/h9-12,14-16,18H,2-8,13H2,1H3/t16-,18-. The minimum Gasteiger partial charge on any atom is -0.494 e. The molecule has 1 fully saturated rings. The second-order valence-corrected chi connectivity index (χ2v) is 7.29. The van der Waals surface area contributed by atoms with Crippen LogP contribution in [-0.2, 0) is 6.42 Å². The van der Waals surface area contributed by atoms with E-state index in [9.17, 15) is 8.78 Å². The zero-order valence-electron chi connectivity index (χ0n) is 15.4. The van der Waals surface area contributed by atoms with Crippen molar-refractivity contribution in [2.75, 3.05) is 6.61 Å². The van der Waals surface area contributed by atoms with E-state index in [1.807, 2.05) is 0 Å². The monoisotopic (exact) mass is 359 g/mol. The van der Waals surface area contributed by atoms with Crippen molar-refractivity contribution in [3.63, 3.8) is 0 Å². The van der Waals surface area contributed by atoms with Crippen LogP contribution in [0.3, 0.4) is 0 Å². The van der Waals surface area contributed by atoms with Crippen LogP contribution in [0, 0.1) is 17.7 Å². The third-order valence-corrected chi connectivity index (χ3v) is 5.37. The average molecular weight is 359 g/mol. The maximum atomic E-state index is 13.2. The summed E-state index contributed by atoms with van der Waals surface area (Å²) in [7, 11) is 0. The SMILES string of the molecule is CCCOc1ccc([C@H]2CC[C@H](CCc3cnc(F)c(F)c3)CC2)cc1. The molecular weight excluding hydrogens is 332 g/mol. The van der Waals surface area contributed by atoms with Gasteiger partial charge in [0.25, 0.3) is 0 Å². The van der Waals surface area contributed by atoms with E-state index in [0.29, 0.717) is 11.8 Å². The number of aryl methyl sites for hydroxylation is 1. The lowest BCUT2D eigenvalue weighted by molar-refractivity contribution is 0.308. The van der Waals surface area contributed by atoms with E-state index >= 15 is 0 Å². The first-order valence-corrected chi connectivity index (χ1v) is 9.68. The van der Waals surface area contributed by atoms with Gasteiger partial charge in [0, 0.05) is 6.20 Å². The Morgan fingerprint density at radius 1 is 1.08 bits per heavy atom. The number of aromatic nitrogens is 1. The first-order valence-electron chi connectivity index (χ1n) is 9.68. The second-order valence-electron chi connectivity index (χ2n) is 7.29. The van der Waals surface area contributed by atoms with E-state index in [4.69, 9.17) is 4.74 Å². The minimum absolute atomic E-state index is 0.622. The molecule has 26 heavy (non-hydrogen) atoms. The molecule has 0 bridgehead atoms. The van der Waals surface area contributed by atoms with Gasteiger partial charge in [-0.3, -0.25) is 0 Å². The van der Waals surface area contributed by atoms with Gasteiger partial charge in [-0.05, 0) is 86.1 Å². The molecule has 1 saturated carbocycles. The summed E-state index contributed by atoms with van der Waals surface area (Å²) in [5.74, 6) is 0.366. The fourth-order valence-corrected chi connectivity index (χ4v) is 3.81. The molecule has 3 rings (SSSR count). The third kappa shape index (κ3) is 5.03. The van der Waals surface area contributed by atoms with Gasteiger partial charge in [-0.2, -0.15) is 4.39 Å². The number of rotatable bonds is 7. The van der Waals surface area contributed by atoms with Crippen LogP contribution in [0.2, 0.25) is 0 Å². The predicted octanol–water partition coefficient (Wildman–Crippen LogP) is 6.06. The van der Waals surface area contributed by atoms with Gasteiger partial charge in [-0.1, -0.05) is 19.1 Å². The lowest BCUT2D eigenvalue weighted by atomic mass is 9.77. The van der Waals surface area contributed by atoms with Crippen LogP contribution < -0.4 is 4.74 Å². The van der Waals surface area contributed by atoms with E-state index in [2.05, 4.69) is 36.2 Å². The molecule has 1 aliphatic carbocycles. The van der Waals surface area contributed by atoms with Crippen molar-refractivity contribution >= 4 is 0 Å². The van der Waals surface area contributed by atoms with Gasteiger partial charge in [0.2, 0.25) is 5.95 Å². The van der Waals surface area contributed by atoms with E-state index in [1.165, 1.54) is 43.5 Å². The highest BCUT2D eigenvalue weighted by Crippen LogP contribution is 2.37. The van der Waals surface area contributed by atoms with Crippen LogP contribution in [-0.4, -0.2) is 11.6 Å². The molecule has 0 radical (unpaired) electrons. The van der Waals surface area contributed by atoms with Gasteiger partial charge < -0.3 is 4.74 Å².